The van der Waals surface area contributed by atoms with Gasteiger partial charge in [-0.15, -0.1) is 0 Å². The predicted octanol–water partition coefficient (Wildman–Crippen LogP) is 2.57. The lowest BCUT2D eigenvalue weighted by molar-refractivity contribution is -0.386. The second kappa shape index (κ2) is 6.15. The van der Waals surface area contributed by atoms with Gasteiger partial charge in [-0.1, -0.05) is 6.07 Å². The van der Waals surface area contributed by atoms with E-state index >= 15 is 0 Å². The van der Waals surface area contributed by atoms with E-state index in [4.69, 9.17) is 4.74 Å². The van der Waals surface area contributed by atoms with E-state index in [2.05, 4.69) is 5.32 Å². The summed E-state index contributed by atoms with van der Waals surface area (Å²) in [5, 5.41) is 13.5. The lowest BCUT2D eigenvalue weighted by atomic mass is 10.2. The number of nitrogens with zero attached hydrogens (tertiary/aromatic N) is 1. The van der Waals surface area contributed by atoms with Gasteiger partial charge >= 0.3 is 5.69 Å². The largest absolute Gasteiger partial charge is 0.377 e. The summed E-state index contributed by atoms with van der Waals surface area (Å²) in [7, 11) is 0. The van der Waals surface area contributed by atoms with Crippen LogP contribution in [-0.2, 0) is 4.74 Å². The Hall–Kier alpha value is -1.69. The lowest BCUT2D eigenvalue weighted by Gasteiger charge is -2.13. The molecular weight excluding hydrogens is 227 g/mol. The summed E-state index contributed by atoms with van der Waals surface area (Å²) in [5.41, 5.74) is -0.363. The summed E-state index contributed by atoms with van der Waals surface area (Å²) in [6.45, 7) is 4.65. The quantitative estimate of drug-likeness (QED) is 0.615. The van der Waals surface area contributed by atoms with Crippen LogP contribution in [0.15, 0.2) is 18.2 Å². The molecule has 1 rings (SSSR count). The highest BCUT2D eigenvalue weighted by Gasteiger charge is 2.19. The Balaban J connectivity index is 2.77. The maximum Gasteiger partial charge on any atom is 0.327 e. The molecule has 0 aliphatic carbocycles. The van der Waals surface area contributed by atoms with Gasteiger partial charge in [0.05, 0.1) is 11.0 Å². The van der Waals surface area contributed by atoms with Gasteiger partial charge in [0.25, 0.3) is 0 Å². The summed E-state index contributed by atoms with van der Waals surface area (Å²) >= 11 is 0. The van der Waals surface area contributed by atoms with Gasteiger partial charge in [0.1, 0.15) is 5.69 Å². The van der Waals surface area contributed by atoms with Gasteiger partial charge in [-0.25, -0.2) is 0 Å². The van der Waals surface area contributed by atoms with Crippen LogP contribution in [0.5, 0.6) is 0 Å². The molecule has 6 heteroatoms. The number of anilines is 1. The third kappa shape index (κ3) is 3.67. The Bertz CT molecular complexity index is 398. The first-order valence-corrected chi connectivity index (χ1v) is 5.34. The van der Waals surface area contributed by atoms with Crippen molar-refractivity contribution in [1.29, 1.82) is 0 Å². The molecule has 0 amide bonds. The van der Waals surface area contributed by atoms with Crippen molar-refractivity contribution in [3.05, 3.63) is 34.1 Å². The lowest BCUT2D eigenvalue weighted by Crippen LogP contribution is -2.20. The van der Waals surface area contributed by atoms with Gasteiger partial charge in [-0.2, -0.15) is 4.39 Å². The Labute approximate surface area is 98.7 Å². The standard InChI is InChI=1S/C11H15FN2O3/c1-3-17-8(2)7-13-10-6-4-5-9(12)11(10)14(15)16/h4-6,8,13H,3,7H2,1-2H3. The topological polar surface area (TPSA) is 64.4 Å². The van der Waals surface area contributed by atoms with E-state index in [1.807, 2.05) is 13.8 Å². The van der Waals surface area contributed by atoms with E-state index in [0.717, 1.165) is 6.07 Å². The Morgan fingerprint density at radius 2 is 2.29 bits per heavy atom. The monoisotopic (exact) mass is 242 g/mol. The van der Waals surface area contributed by atoms with Crippen LogP contribution in [0.1, 0.15) is 13.8 Å². The summed E-state index contributed by atoms with van der Waals surface area (Å²) in [6, 6.07) is 3.96. The van der Waals surface area contributed by atoms with Crippen molar-refractivity contribution in [3.63, 3.8) is 0 Å². The SMILES string of the molecule is CCOC(C)CNc1cccc(F)c1[N+](=O)[O-]. The Morgan fingerprint density at radius 3 is 2.88 bits per heavy atom. The van der Waals surface area contributed by atoms with E-state index in [9.17, 15) is 14.5 Å². The molecule has 0 aliphatic rings. The highest BCUT2D eigenvalue weighted by molar-refractivity contribution is 5.61. The summed E-state index contributed by atoms with van der Waals surface area (Å²) in [6.07, 6.45) is -0.0946. The molecule has 0 saturated heterocycles. The Morgan fingerprint density at radius 1 is 1.59 bits per heavy atom. The first-order valence-electron chi connectivity index (χ1n) is 5.34. The number of benzene rings is 1. The molecule has 0 heterocycles. The van der Waals surface area contributed by atoms with E-state index < -0.39 is 16.4 Å². The highest BCUT2D eigenvalue weighted by atomic mass is 19.1. The zero-order valence-electron chi connectivity index (χ0n) is 9.77. The van der Waals surface area contributed by atoms with E-state index in [1.165, 1.54) is 12.1 Å². The van der Waals surface area contributed by atoms with Crippen LogP contribution in [0, 0.1) is 15.9 Å². The molecule has 94 valence electrons. The molecule has 0 radical (unpaired) electrons. The third-order valence-corrected chi connectivity index (χ3v) is 2.20. The molecule has 0 fully saturated rings. The summed E-state index contributed by atoms with van der Waals surface area (Å²) < 4.78 is 18.5. The third-order valence-electron chi connectivity index (χ3n) is 2.20. The van der Waals surface area contributed by atoms with Gasteiger partial charge in [0, 0.05) is 13.2 Å². The number of ether oxygens (including phenoxy) is 1. The van der Waals surface area contributed by atoms with Crippen LogP contribution >= 0.6 is 0 Å². The second-order valence-electron chi connectivity index (χ2n) is 3.54. The Kier molecular flexibility index (Phi) is 4.84. The fourth-order valence-electron chi connectivity index (χ4n) is 1.44. The van der Waals surface area contributed by atoms with Crippen LogP contribution in [-0.4, -0.2) is 24.2 Å². The van der Waals surface area contributed by atoms with Gasteiger partial charge in [0.15, 0.2) is 0 Å². The summed E-state index contributed by atoms with van der Waals surface area (Å²) in [4.78, 5) is 9.97. The van der Waals surface area contributed by atoms with Gasteiger partial charge < -0.3 is 10.1 Å². The van der Waals surface area contributed by atoms with Crippen LogP contribution in [0.4, 0.5) is 15.8 Å². The van der Waals surface area contributed by atoms with Crippen molar-refractivity contribution in [2.24, 2.45) is 0 Å². The number of nitrogens with one attached hydrogen (secondary N) is 1. The van der Waals surface area contributed by atoms with Crippen molar-refractivity contribution in [2.75, 3.05) is 18.5 Å². The molecule has 0 aromatic heterocycles. The minimum Gasteiger partial charge on any atom is -0.377 e. The fourth-order valence-corrected chi connectivity index (χ4v) is 1.44. The van der Waals surface area contributed by atoms with Crippen molar-refractivity contribution in [2.45, 2.75) is 20.0 Å². The molecule has 0 aliphatic heterocycles. The minimum absolute atomic E-state index is 0.0946. The minimum atomic E-state index is -0.843. The van der Waals surface area contributed by atoms with Crippen molar-refractivity contribution in [3.8, 4) is 0 Å². The molecule has 1 aromatic carbocycles. The van der Waals surface area contributed by atoms with Gasteiger partial charge in [0.2, 0.25) is 5.82 Å². The number of hydrogen-bond donors (Lipinski definition) is 1. The van der Waals surface area contributed by atoms with Crippen LogP contribution in [0.3, 0.4) is 0 Å². The number of nitro groups is 1. The van der Waals surface area contributed by atoms with E-state index in [1.54, 1.807) is 0 Å². The zero-order valence-corrected chi connectivity index (χ0v) is 9.77. The smallest absolute Gasteiger partial charge is 0.327 e. The van der Waals surface area contributed by atoms with Crippen LogP contribution in [0.2, 0.25) is 0 Å². The molecule has 1 N–H and O–H groups in total. The molecular formula is C11H15FN2O3. The van der Waals surface area contributed by atoms with Crippen LogP contribution < -0.4 is 5.32 Å². The van der Waals surface area contributed by atoms with Gasteiger partial charge in [-0.3, -0.25) is 10.1 Å². The molecule has 17 heavy (non-hydrogen) atoms. The van der Waals surface area contributed by atoms with Crippen molar-refractivity contribution in [1.82, 2.24) is 0 Å². The fraction of sp³-hybridized carbons (Fsp3) is 0.455. The highest BCUT2D eigenvalue weighted by Crippen LogP contribution is 2.27. The molecule has 1 aromatic rings. The normalized spacial score (nSPS) is 12.2. The summed E-state index contributed by atoms with van der Waals surface area (Å²) in [5.74, 6) is -0.843. The maximum atomic E-state index is 13.3. The van der Waals surface area contributed by atoms with Crippen molar-refractivity contribution >= 4 is 11.4 Å². The molecule has 5 nitrogen and oxygen atoms in total. The number of hydrogen-bond acceptors (Lipinski definition) is 4. The maximum absolute atomic E-state index is 13.3. The molecule has 1 unspecified atom stereocenters. The second-order valence-corrected chi connectivity index (χ2v) is 3.54. The number of halogens is 1. The number of nitro benzene ring substituents is 1. The zero-order chi connectivity index (χ0) is 12.8. The average molecular weight is 242 g/mol. The average Bonchev–Trinajstić information content (AvgIpc) is 2.26. The van der Waals surface area contributed by atoms with E-state index in [-0.39, 0.29) is 11.8 Å². The molecule has 0 saturated carbocycles. The number of para-hydroxylation sites is 1. The van der Waals surface area contributed by atoms with Gasteiger partial charge in [-0.05, 0) is 26.0 Å². The number of rotatable bonds is 6. The first kappa shape index (κ1) is 13.4. The predicted molar refractivity (Wildman–Crippen MR) is 62.6 cm³/mol. The first-order chi connectivity index (χ1) is 8.06. The van der Waals surface area contributed by atoms with Crippen molar-refractivity contribution < 1.29 is 14.1 Å². The molecule has 1 atom stereocenters. The molecule has 0 bridgehead atoms. The van der Waals surface area contributed by atoms with E-state index in [0.29, 0.717) is 13.2 Å². The van der Waals surface area contributed by atoms with Crippen LogP contribution in [0.25, 0.3) is 0 Å². The molecule has 0 spiro atoms.